The predicted molar refractivity (Wildman–Crippen MR) is 77.4 cm³/mol. The van der Waals surface area contributed by atoms with Crippen LogP contribution >= 0.6 is 0 Å². The zero-order valence-corrected chi connectivity index (χ0v) is 11.7. The molecule has 2 unspecified atom stereocenters. The van der Waals surface area contributed by atoms with E-state index in [9.17, 15) is 4.39 Å². The van der Waals surface area contributed by atoms with Crippen molar-refractivity contribution in [3.05, 3.63) is 30.1 Å². The minimum atomic E-state index is -0.253. The Bertz CT molecular complexity index is 534. The maximum absolute atomic E-state index is 13.5. The second-order valence-corrected chi connectivity index (χ2v) is 5.57. The number of hydrogen-bond acceptors (Lipinski definition) is 4. The molecule has 3 rings (SSSR count). The van der Waals surface area contributed by atoms with Crippen molar-refractivity contribution < 1.29 is 9.13 Å². The standard InChI is InChI=1S/C15H20FN3O/c1-2-13-9-15(6-7-20-13)10-18-14(17)19(15)12-5-3-4-11(16)8-12/h3-5,8,13H,2,6-7,9-10H2,1H3,(H2,17,18). The van der Waals surface area contributed by atoms with Crippen LogP contribution in [0.2, 0.25) is 0 Å². The average molecular weight is 277 g/mol. The van der Waals surface area contributed by atoms with Crippen molar-refractivity contribution in [1.82, 2.24) is 0 Å². The van der Waals surface area contributed by atoms with Crippen LogP contribution in [0.1, 0.15) is 26.2 Å². The van der Waals surface area contributed by atoms with Gasteiger partial charge < -0.3 is 15.4 Å². The Morgan fingerprint density at radius 1 is 1.55 bits per heavy atom. The third kappa shape index (κ3) is 2.16. The molecule has 0 amide bonds. The van der Waals surface area contributed by atoms with E-state index < -0.39 is 0 Å². The van der Waals surface area contributed by atoms with Gasteiger partial charge in [0.1, 0.15) is 5.82 Å². The first-order valence-electron chi connectivity index (χ1n) is 7.12. The van der Waals surface area contributed by atoms with Crippen molar-refractivity contribution in [2.75, 3.05) is 18.1 Å². The Kier molecular flexibility index (Phi) is 3.38. The van der Waals surface area contributed by atoms with Crippen LogP contribution in [0, 0.1) is 5.82 Å². The summed E-state index contributed by atoms with van der Waals surface area (Å²) in [5, 5.41) is 0. The van der Waals surface area contributed by atoms with Gasteiger partial charge in [-0.15, -0.1) is 0 Å². The van der Waals surface area contributed by atoms with Gasteiger partial charge in [0.05, 0.1) is 18.2 Å². The van der Waals surface area contributed by atoms with Gasteiger partial charge in [0.2, 0.25) is 0 Å². The number of hydrogen-bond donors (Lipinski definition) is 1. The lowest BCUT2D eigenvalue weighted by molar-refractivity contribution is -0.0151. The first-order valence-corrected chi connectivity index (χ1v) is 7.12. The summed E-state index contributed by atoms with van der Waals surface area (Å²) in [4.78, 5) is 6.41. The molecule has 1 fully saturated rings. The monoisotopic (exact) mass is 277 g/mol. The molecule has 0 saturated carbocycles. The van der Waals surface area contributed by atoms with Gasteiger partial charge in [-0.25, -0.2) is 4.39 Å². The average Bonchev–Trinajstić information content (AvgIpc) is 2.75. The van der Waals surface area contributed by atoms with Crippen LogP contribution in [0.5, 0.6) is 0 Å². The van der Waals surface area contributed by atoms with Crippen molar-refractivity contribution in [1.29, 1.82) is 0 Å². The normalized spacial score (nSPS) is 29.8. The molecule has 5 heteroatoms. The number of nitrogens with two attached hydrogens (primary N) is 1. The molecule has 2 heterocycles. The Morgan fingerprint density at radius 2 is 2.40 bits per heavy atom. The first kappa shape index (κ1) is 13.4. The number of ether oxygens (including phenoxy) is 1. The lowest BCUT2D eigenvalue weighted by Gasteiger charge is -2.44. The molecule has 2 aliphatic rings. The zero-order valence-electron chi connectivity index (χ0n) is 11.7. The lowest BCUT2D eigenvalue weighted by atomic mass is 9.84. The van der Waals surface area contributed by atoms with E-state index in [1.165, 1.54) is 12.1 Å². The van der Waals surface area contributed by atoms with Crippen LogP contribution in [0.4, 0.5) is 10.1 Å². The van der Waals surface area contributed by atoms with Gasteiger partial charge in [0.15, 0.2) is 5.96 Å². The van der Waals surface area contributed by atoms with Gasteiger partial charge in [0, 0.05) is 12.3 Å². The van der Waals surface area contributed by atoms with Gasteiger partial charge in [-0.2, -0.15) is 0 Å². The molecule has 2 aliphatic heterocycles. The minimum Gasteiger partial charge on any atom is -0.378 e. The number of nitrogens with zero attached hydrogens (tertiary/aromatic N) is 2. The van der Waals surface area contributed by atoms with Gasteiger partial charge in [-0.05, 0) is 37.5 Å². The number of anilines is 1. The summed E-state index contributed by atoms with van der Waals surface area (Å²) in [5.41, 5.74) is 6.69. The molecule has 1 saturated heterocycles. The zero-order chi connectivity index (χ0) is 14.2. The third-order valence-electron chi connectivity index (χ3n) is 4.29. The van der Waals surface area contributed by atoms with Crippen molar-refractivity contribution in [3.63, 3.8) is 0 Å². The molecule has 20 heavy (non-hydrogen) atoms. The van der Waals surface area contributed by atoms with Crippen molar-refractivity contribution in [2.45, 2.75) is 37.8 Å². The Hall–Kier alpha value is -1.62. The molecule has 0 bridgehead atoms. The van der Waals surface area contributed by atoms with E-state index in [-0.39, 0.29) is 17.5 Å². The SMILES string of the molecule is CCC1CC2(CCO1)CN=C(N)N2c1cccc(F)c1. The van der Waals surface area contributed by atoms with Crippen molar-refractivity contribution in [3.8, 4) is 0 Å². The van der Waals surface area contributed by atoms with Gasteiger partial charge in [0.25, 0.3) is 0 Å². The summed E-state index contributed by atoms with van der Waals surface area (Å²) in [6, 6.07) is 6.56. The number of aliphatic imine (C=N–C) groups is 1. The van der Waals surface area contributed by atoms with Crippen molar-refractivity contribution >= 4 is 11.6 Å². The van der Waals surface area contributed by atoms with Crippen LogP contribution in [-0.2, 0) is 4.74 Å². The molecule has 108 valence electrons. The maximum atomic E-state index is 13.5. The molecular weight excluding hydrogens is 257 g/mol. The Labute approximate surface area is 118 Å². The predicted octanol–water partition coefficient (Wildman–Crippen LogP) is 2.29. The van der Waals surface area contributed by atoms with Gasteiger partial charge in [-0.1, -0.05) is 13.0 Å². The number of benzene rings is 1. The van der Waals surface area contributed by atoms with E-state index in [0.717, 1.165) is 24.9 Å². The molecule has 1 spiro atoms. The Balaban J connectivity index is 1.95. The molecule has 2 N–H and O–H groups in total. The number of halogens is 1. The molecule has 0 aliphatic carbocycles. The maximum Gasteiger partial charge on any atom is 0.196 e. The van der Waals surface area contributed by atoms with E-state index in [2.05, 4.69) is 11.9 Å². The summed E-state index contributed by atoms with van der Waals surface area (Å²) in [6.45, 7) is 3.48. The summed E-state index contributed by atoms with van der Waals surface area (Å²) in [6.07, 6.45) is 2.94. The molecule has 1 aromatic rings. The van der Waals surface area contributed by atoms with Crippen LogP contribution in [0.3, 0.4) is 0 Å². The van der Waals surface area contributed by atoms with Crippen LogP contribution in [0.25, 0.3) is 0 Å². The van der Waals surface area contributed by atoms with Crippen LogP contribution < -0.4 is 10.6 Å². The molecule has 0 aromatic heterocycles. The lowest BCUT2D eigenvalue weighted by Crippen LogP contribution is -2.56. The summed E-state index contributed by atoms with van der Waals surface area (Å²) >= 11 is 0. The summed E-state index contributed by atoms with van der Waals surface area (Å²) in [5.74, 6) is 0.226. The highest BCUT2D eigenvalue weighted by atomic mass is 19.1. The summed E-state index contributed by atoms with van der Waals surface area (Å²) < 4.78 is 19.3. The highest BCUT2D eigenvalue weighted by Crippen LogP contribution is 2.38. The Morgan fingerprint density at radius 3 is 3.15 bits per heavy atom. The number of rotatable bonds is 2. The molecular formula is C15H20FN3O. The fourth-order valence-electron chi connectivity index (χ4n) is 3.24. The smallest absolute Gasteiger partial charge is 0.196 e. The van der Waals surface area contributed by atoms with Gasteiger partial charge >= 0.3 is 0 Å². The highest BCUT2D eigenvalue weighted by molar-refractivity contribution is 5.98. The summed E-state index contributed by atoms with van der Waals surface area (Å²) in [7, 11) is 0. The largest absolute Gasteiger partial charge is 0.378 e. The molecule has 4 nitrogen and oxygen atoms in total. The first-order chi connectivity index (χ1) is 9.64. The quantitative estimate of drug-likeness (QED) is 0.902. The topological polar surface area (TPSA) is 50.9 Å². The van der Waals surface area contributed by atoms with Crippen LogP contribution in [0.15, 0.2) is 29.3 Å². The van der Waals surface area contributed by atoms with E-state index in [4.69, 9.17) is 10.5 Å². The van der Waals surface area contributed by atoms with E-state index in [0.29, 0.717) is 19.1 Å². The van der Waals surface area contributed by atoms with Crippen molar-refractivity contribution in [2.24, 2.45) is 10.7 Å². The minimum absolute atomic E-state index is 0.156. The highest BCUT2D eigenvalue weighted by Gasteiger charge is 2.46. The molecule has 0 radical (unpaired) electrons. The fraction of sp³-hybridized carbons (Fsp3) is 0.533. The van der Waals surface area contributed by atoms with Gasteiger partial charge in [-0.3, -0.25) is 4.99 Å². The fourth-order valence-corrected chi connectivity index (χ4v) is 3.24. The third-order valence-corrected chi connectivity index (χ3v) is 4.29. The second kappa shape index (κ2) is 5.05. The van der Waals surface area contributed by atoms with E-state index >= 15 is 0 Å². The van der Waals surface area contributed by atoms with E-state index in [1.54, 1.807) is 6.07 Å². The van der Waals surface area contributed by atoms with Crippen LogP contribution in [-0.4, -0.2) is 30.8 Å². The van der Waals surface area contributed by atoms with E-state index in [1.807, 2.05) is 11.0 Å². The molecule has 1 aromatic carbocycles. The molecule has 2 atom stereocenters. The number of guanidine groups is 1. The second-order valence-electron chi connectivity index (χ2n) is 5.57.